The van der Waals surface area contributed by atoms with Crippen LogP contribution in [0, 0.1) is 0 Å². The van der Waals surface area contributed by atoms with Crippen LogP contribution < -0.4 is 51.4 Å². The molecular formula is H4KO5OsS. The Labute approximate surface area is 98.7 Å². The van der Waals surface area contributed by atoms with Gasteiger partial charge in [0, 0.05) is 0 Å². The first-order valence-electron chi connectivity index (χ1n) is 0.644. The minimum Gasteiger partial charge on any atom is 1.00 e. The van der Waals surface area contributed by atoms with Crippen LogP contribution in [0.2, 0.25) is 0 Å². The molecule has 8 heavy (non-hydrogen) atoms. The van der Waals surface area contributed by atoms with E-state index in [0.717, 1.165) is 0 Å². The van der Waals surface area contributed by atoms with Gasteiger partial charge >= 0.3 is 89.8 Å². The molecule has 0 fully saturated rings. The van der Waals surface area contributed by atoms with Crippen LogP contribution in [-0.4, -0.2) is 23.9 Å². The van der Waals surface area contributed by atoms with Gasteiger partial charge in [0.1, 0.15) is 0 Å². The Kier molecular flexibility index (Phi) is 25.6. The summed E-state index contributed by atoms with van der Waals surface area (Å²) in [6.45, 7) is 0. The third-order valence-electron chi connectivity index (χ3n) is 0. The summed E-state index contributed by atoms with van der Waals surface area (Å²) in [6.07, 6.45) is 0. The van der Waals surface area contributed by atoms with Crippen molar-refractivity contribution in [3.63, 3.8) is 0 Å². The zero-order valence-corrected chi connectivity index (χ0v) is 10.5. The summed E-state index contributed by atoms with van der Waals surface area (Å²) in [5.74, 6) is 0. The number of rotatable bonds is 0. The molecule has 0 bridgehead atoms. The third kappa shape index (κ3) is 92.5. The normalized spacial score (nSPS) is 7.25. The van der Waals surface area contributed by atoms with Gasteiger partial charge in [-0.15, -0.1) is 0 Å². The average Bonchev–Trinajstić information content (AvgIpc) is 0.722. The van der Waals surface area contributed by atoms with Crippen LogP contribution in [0.15, 0.2) is 0 Å². The van der Waals surface area contributed by atoms with Crippen LogP contribution in [0.25, 0.3) is 0 Å². The van der Waals surface area contributed by atoms with Crippen molar-refractivity contribution in [2.24, 2.45) is 0 Å². The molecule has 0 aliphatic heterocycles. The maximum atomic E-state index is 9.09. The van der Waals surface area contributed by atoms with Gasteiger partial charge in [-0.3, -0.25) is 0 Å². The standard InChI is InChI=1S/K.O3S.2H2O.Os/c;1-4(2)3;;;/h;;2*1H2;/q+1;-1;;;. The van der Waals surface area contributed by atoms with Gasteiger partial charge < -0.3 is 11.0 Å². The van der Waals surface area contributed by atoms with E-state index in [1.54, 1.807) is 0 Å². The fourth-order valence-corrected chi connectivity index (χ4v) is 0. The van der Waals surface area contributed by atoms with Gasteiger partial charge in [0.15, 0.2) is 0 Å². The van der Waals surface area contributed by atoms with Crippen LogP contribution in [0.1, 0.15) is 0 Å². The van der Waals surface area contributed by atoms with Crippen LogP contribution in [0.3, 0.4) is 0 Å². The van der Waals surface area contributed by atoms with E-state index in [1.807, 2.05) is 0 Å². The smallest absolute Gasteiger partial charge is 1.00 e. The topological polar surface area (TPSA) is 120 Å². The van der Waals surface area contributed by atoms with Crippen molar-refractivity contribution in [3.8, 4) is 0 Å². The Morgan fingerprint density at radius 3 is 1.25 bits per heavy atom. The first-order chi connectivity index (χ1) is 2.00. The number of hydrogen-bond acceptors (Lipinski definition) is 3. The molecule has 0 unspecified atom stereocenters. The monoisotopic (exact) mass is 347 g/mol. The van der Waals surface area contributed by atoms with Crippen molar-refractivity contribution >= 4 is 8.05 Å². The fraction of sp³-hybridized carbons (Fsp3) is 0. The Balaban J connectivity index is -0.0000000267. The van der Waals surface area contributed by atoms with Gasteiger partial charge in [-0.05, 0) is 0 Å². The van der Waals surface area contributed by atoms with E-state index in [2.05, 4.69) is 0 Å². The maximum Gasteiger partial charge on any atom is 1.00 e. The van der Waals surface area contributed by atoms with Crippen molar-refractivity contribution in [3.05, 3.63) is 0 Å². The minimum absolute atomic E-state index is 0. The molecule has 0 aromatic carbocycles. The van der Waals surface area contributed by atoms with Crippen LogP contribution in [-0.2, 0) is 25.4 Å². The van der Waals surface area contributed by atoms with Crippen molar-refractivity contribution in [2.75, 3.05) is 0 Å². The first kappa shape index (κ1) is 22.5. The summed E-state index contributed by atoms with van der Waals surface area (Å²) in [6, 6.07) is 0. The molecule has 0 aliphatic rings. The summed E-state index contributed by atoms with van der Waals surface area (Å²) in [4.78, 5) is 0. The fourth-order valence-electron chi connectivity index (χ4n) is 0. The number of hydrogen-bond donors (Lipinski definition) is 0. The molecule has 0 amide bonds. The van der Waals surface area contributed by atoms with Crippen molar-refractivity contribution < 1.29 is 92.7 Å². The van der Waals surface area contributed by atoms with E-state index in [9.17, 15) is 0 Å². The average molecular weight is 345 g/mol. The van der Waals surface area contributed by atoms with Gasteiger partial charge in [-0.25, -0.2) is 0 Å². The Morgan fingerprint density at radius 2 is 1.25 bits per heavy atom. The molecule has 0 heterocycles. The largest absolute Gasteiger partial charge is 1.00 e. The zero-order valence-electron chi connectivity index (χ0n) is 3.99. The molecule has 4 N–H and O–H groups in total. The van der Waals surface area contributed by atoms with E-state index in [-0.39, 0.29) is 62.3 Å². The minimum atomic E-state index is -3.89. The first-order valence-corrected chi connectivity index (χ1v) is 5.04. The molecule has 0 atom stereocenters. The van der Waals surface area contributed by atoms with Gasteiger partial charge in [-0.1, -0.05) is 0 Å². The van der Waals surface area contributed by atoms with Gasteiger partial charge in [-0.2, -0.15) is 0 Å². The maximum absolute atomic E-state index is 9.09. The van der Waals surface area contributed by atoms with Crippen LogP contribution >= 0.6 is 0 Å². The Bertz CT molecular complexity index is 95.6. The molecule has 0 rings (SSSR count). The van der Waals surface area contributed by atoms with Crippen molar-refractivity contribution in [1.29, 1.82) is 0 Å². The van der Waals surface area contributed by atoms with Crippen LogP contribution in [0.4, 0.5) is 0 Å². The van der Waals surface area contributed by atoms with Gasteiger partial charge in [0.25, 0.3) is 0 Å². The molecule has 0 radical (unpaired) electrons. The van der Waals surface area contributed by atoms with E-state index in [4.69, 9.17) is 13.0 Å². The van der Waals surface area contributed by atoms with E-state index < -0.39 is 8.05 Å². The van der Waals surface area contributed by atoms with Crippen molar-refractivity contribution in [1.82, 2.24) is 0 Å². The predicted octanol–water partition coefficient (Wildman–Crippen LogP) is -5.65. The molecule has 0 aromatic rings. The molecule has 8 heteroatoms. The van der Waals surface area contributed by atoms with Gasteiger partial charge in [0.05, 0.1) is 0 Å². The molecule has 0 aliphatic carbocycles. The SMILES string of the molecule is O.O.O=[S](=O)([O-])[Os].[K+]. The predicted molar refractivity (Wildman–Crippen MR) is 16.9 cm³/mol. The molecular weight excluding hydrogens is 341 g/mol. The Morgan fingerprint density at radius 1 is 1.25 bits per heavy atom. The zero-order chi connectivity index (χ0) is 4.50. The molecule has 0 saturated heterocycles. The second-order valence-electron chi connectivity index (χ2n) is 0.381. The van der Waals surface area contributed by atoms with Crippen molar-refractivity contribution in [2.45, 2.75) is 0 Å². The molecule has 0 spiro atoms. The van der Waals surface area contributed by atoms with Crippen LogP contribution in [0.5, 0.6) is 0 Å². The van der Waals surface area contributed by atoms with E-state index in [1.165, 1.54) is 0 Å². The summed E-state index contributed by atoms with van der Waals surface area (Å²) in [5.41, 5.74) is 0. The second-order valence-corrected chi connectivity index (χ2v) is 4.95. The molecule has 0 aromatic heterocycles. The summed E-state index contributed by atoms with van der Waals surface area (Å²) in [5, 5.41) is 0. The second kappa shape index (κ2) is 9.10. The summed E-state index contributed by atoms with van der Waals surface area (Å²) >= 11 is 0.428. The van der Waals surface area contributed by atoms with E-state index >= 15 is 0 Å². The Hall–Kier alpha value is 2.10. The quantitative estimate of drug-likeness (QED) is 0.321. The van der Waals surface area contributed by atoms with Gasteiger partial charge in [0.2, 0.25) is 0 Å². The molecule has 0 saturated carbocycles. The molecule has 49 valence electrons. The van der Waals surface area contributed by atoms with E-state index in [0.29, 0.717) is 17.4 Å². The third-order valence-corrected chi connectivity index (χ3v) is 0. The summed E-state index contributed by atoms with van der Waals surface area (Å²) < 4.78 is 27.3. The summed E-state index contributed by atoms with van der Waals surface area (Å²) in [7, 11) is -3.89. The molecule has 5 nitrogen and oxygen atoms in total.